The molecule has 2 unspecified atom stereocenters. The Morgan fingerprint density at radius 1 is 1.56 bits per heavy atom. The Hall–Kier alpha value is -0.670. The second-order valence-electron chi connectivity index (χ2n) is 3.17. The molecule has 1 aromatic rings. The Kier molecular flexibility index (Phi) is 4.69. The Morgan fingerprint density at radius 3 is 2.56 bits per heavy atom. The highest BCUT2D eigenvalue weighted by molar-refractivity contribution is 14.1. The highest BCUT2D eigenvalue weighted by Gasteiger charge is 2.25. The van der Waals surface area contributed by atoms with Gasteiger partial charge in [0, 0.05) is 5.38 Å². The second kappa shape index (κ2) is 5.60. The molecule has 0 aliphatic carbocycles. The van der Waals surface area contributed by atoms with Crippen molar-refractivity contribution in [3.63, 3.8) is 0 Å². The molecule has 0 saturated carbocycles. The van der Waals surface area contributed by atoms with E-state index in [4.69, 9.17) is 5.11 Å². The maximum Gasteiger partial charge on any atom is 0.328 e. The first-order chi connectivity index (χ1) is 7.41. The number of hydrogen-bond acceptors (Lipinski definition) is 4. The summed E-state index contributed by atoms with van der Waals surface area (Å²) in [7, 11) is 0. The fourth-order valence-corrected chi connectivity index (χ4v) is 2.37. The molecule has 0 aromatic carbocycles. The van der Waals surface area contributed by atoms with Crippen molar-refractivity contribution in [3.05, 3.63) is 19.9 Å². The third-order valence-electron chi connectivity index (χ3n) is 1.86. The van der Waals surface area contributed by atoms with Crippen molar-refractivity contribution in [2.75, 3.05) is 0 Å². The van der Waals surface area contributed by atoms with Crippen LogP contribution in [0, 0.1) is 2.88 Å². The zero-order chi connectivity index (χ0) is 12.3. The molecule has 1 aromatic heterocycles. The molecule has 0 saturated heterocycles. The molecule has 3 N–H and O–H groups in total. The molecule has 1 rings (SSSR count). The van der Waals surface area contributed by atoms with E-state index in [-0.39, 0.29) is 0 Å². The van der Waals surface area contributed by atoms with Crippen LogP contribution in [0.2, 0.25) is 0 Å². The predicted molar refractivity (Wildman–Crippen MR) is 67.6 cm³/mol. The van der Waals surface area contributed by atoms with E-state index in [1.165, 1.54) is 18.3 Å². The SMILES string of the molecule is CC(O)C(NC(=O)c1csc(I)c1)C(=O)O. The number of aliphatic hydroxyl groups is 1. The number of hydrogen-bond donors (Lipinski definition) is 3. The molecule has 0 aliphatic rings. The third kappa shape index (κ3) is 3.42. The van der Waals surface area contributed by atoms with E-state index >= 15 is 0 Å². The van der Waals surface area contributed by atoms with Crippen LogP contribution in [0.1, 0.15) is 17.3 Å². The molecule has 0 fully saturated rings. The van der Waals surface area contributed by atoms with Gasteiger partial charge in [-0.3, -0.25) is 4.79 Å². The van der Waals surface area contributed by atoms with Gasteiger partial charge in [-0.05, 0) is 35.6 Å². The number of carboxylic acid groups (broad SMARTS) is 1. The van der Waals surface area contributed by atoms with Crippen molar-refractivity contribution in [2.24, 2.45) is 0 Å². The van der Waals surface area contributed by atoms with Gasteiger partial charge in [0.05, 0.1) is 14.6 Å². The van der Waals surface area contributed by atoms with Crippen LogP contribution in [-0.2, 0) is 4.79 Å². The van der Waals surface area contributed by atoms with Crippen LogP contribution in [-0.4, -0.2) is 34.2 Å². The number of rotatable bonds is 4. The summed E-state index contributed by atoms with van der Waals surface area (Å²) in [6.45, 7) is 1.32. The first-order valence-corrected chi connectivity index (χ1v) is 6.33. The first-order valence-electron chi connectivity index (χ1n) is 4.37. The van der Waals surface area contributed by atoms with Gasteiger partial charge in [0.2, 0.25) is 0 Å². The largest absolute Gasteiger partial charge is 0.480 e. The molecular formula is C9H10INO4S. The second-order valence-corrected chi connectivity index (χ2v) is 5.97. The van der Waals surface area contributed by atoms with Crippen molar-refractivity contribution in [2.45, 2.75) is 19.1 Å². The maximum absolute atomic E-state index is 11.6. The Labute approximate surface area is 110 Å². The van der Waals surface area contributed by atoms with Crippen LogP contribution < -0.4 is 5.32 Å². The van der Waals surface area contributed by atoms with Crippen molar-refractivity contribution in [1.29, 1.82) is 0 Å². The minimum Gasteiger partial charge on any atom is -0.480 e. The van der Waals surface area contributed by atoms with Crippen molar-refractivity contribution in [1.82, 2.24) is 5.32 Å². The average Bonchev–Trinajstić information content (AvgIpc) is 2.59. The molecule has 16 heavy (non-hydrogen) atoms. The molecule has 7 heteroatoms. The minimum atomic E-state index is -1.29. The molecule has 1 amide bonds. The van der Waals surface area contributed by atoms with Gasteiger partial charge in [0.25, 0.3) is 5.91 Å². The van der Waals surface area contributed by atoms with Gasteiger partial charge in [0.15, 0.2) is 6.04 Å². The lowest BCUT2D eigenvalue weighted by Crippen LogP contribution is -2.47. The summed E-state index contributed by atoms with van der Waals surface area (Å²) < 4.78 is 0.937. The molecule has 88 valence electrons. The van der Waals surface area contributed by atoms with E-state index < -0.39 is 24.0 Å². The van der Waals surface area contributed by atoms with Gasteiger partial charge in [-0.15, -0.1) is 11.3 Å². The predicted octanol–water partition coefficient (Wildman–Crippen LogP) is 0.917. The lowest BCUT2D eigenvalue weighted by molar-refractivity contribution is -0.141. The summed E-state index contributed by atoms with van der Waals surface area (Å²) in [5.41, 5.74) is 0.404. The van der Waals surface area contributed by atoms with E-state index in [1.54, 1.807) is 11.4 Å². The standard InChI is InChI=1S/C9H10INO4S/c1-4(12)7(9(14)15)11-8(13)5-2-6(10)16-3-5/h2-4,7,12H,1H3,(H,11,13)(H,14,15). The number of nitrogens with one attached hydrogen (secondary N) is 1. The molecule has 0 spiro atoms. The number of amides is 1. The number of aliphatic hydroxyl groups excluding tert-OH is 1. The molecule has 0 bridgehead atoms. The molecule has 2 atom stereocenters. The van der Waals surface area contributed by atoms with Gasteiger partial charge in [-0.25, -0.2) is 4.79 Å². The third-order valence-corrected chi connectivity index (χ3v) is 3.65. The number of carbonyl (C=O) groups excluding carboxylic acids is 1. The summed E-state index contributed by atoms with van der Waals surface area (Å²) in [6, 6.07) is 0.367. The highest BCUT2D eigenvalue weighted by Crippen LogP contribution is 2.16. The molecular weight excluding hydrogens is 345 g/mol. The lowest BCUT2D eigenvalue weighted by Gasteiger charge is -2.16. The summed E-state index contributed by atoms with van der Waals surface area (Å²) in [6.07, 6.45) is -1.14. The number of halogens is 1. The fraction of sp³-hybridized carbons (Fsp3) is 0.333. The normalized spacial score (nSPS) is 14.2. The smallest absolute Gasteiger partial charge is 0.328 e. The first kappa shape index (κ1) is 13.4. The van der Waals surface area contributed by atoms with Crippen LogP contribution >= 0.6 is 33.9 Å². The molecule has 5 nitrogen and oxygen atoms in total. The van der Waals surface area contributed by atoms with Crippen molar-refractivity contribution in [3.8, 4) is 0 Å². The summed E-state index contributed by atoms with van der Waals surface area (Å²) >= 11 is 3.46. The molecule has 0 aliphatic heterocycles. The fourth-order valence-electron chi connectivity index (χ4n) is 1.04. The Morgan fingerprint density at radius 2 is 2.19 bits per heavy atom. The Balaban J connectivity index is 2.73. The number of aliphatic carboxylic acids is 1. The summed E-state index contributed by atoms with van der Waals surface area (Å²) in [4.78, 5) is 22.3. The van der Waals surface area contributed by atoms with Crippen LogP contribution in [0.15, 0.2) is 11.4 Å². The number of carbonyl (C=O) groups is 2. The maximum atomic E-state index is 11.6. The van der Waals surface area contributed by atoms with E-state index in [2.05, 4.69) is 27.9 Å². The van der Waals surface area contributed by atoms with Crippen LogP contribution in [0.25, 0.3) is 0 Å². The zero-order valence-electron chi connectivity index (χ0n) is 8.31. The van der Waals surface area contributed by atoms with Crippen molar-refractivity contribution < 1.29 is 19.8 Å². The van der Waals surface area contributed by atoms with E-state index in [0.717, 1.165) is 2.88 Å². The molecule has 0 radical (unpaired) electrons. The van der Waals surface area contributed by atoms with E-state index in [9.17, 15) is 14.7 Å². The lowest BCUT2D eigenvalue weighted by atomic mass is 10.1. The van der Waals surface area contributed by atoms with Gasteiger partial charge in [-0.2, -0.15) is 0 Å². The quantitative estimate of drug-likeness (QED) is 0.701. The monoisotopic (exact) mass is 355 g/mol. The van der Waals surface area contributed by atoms with Gasteiger partial charge in [0.1, 0.15) is 0 Å². The topological polar surface area (TPSA) is 86.6 Å². The van der Waals surface area contributed by atoms with Gasteiger partial charge < -0.3 is 15.5 Å². The minimum absolute atomic E-state index is 0.404. The van der Waals surface area contributed by atoms with Gasteiger partial charge >= 0.3 is 5.97 Å². The van der Waals surface area contributed by atoms with Crippen LogP contribution in [0.4, 0.5) is 0 Å². The number of thiophene rings is 1. The van der Waals surface area contributed by atoms with Crippen LogP contribution in [0.3, 0.4) is 0 Å². The highest BCUT2D eigenvalue weighted by atomic mass is 127. The van der Waals surface area contributed by atoms with Gasteiger partial charge in [-0.1, -0.05) is 0 Å². The zero-order valence-corrected chi connectivity index (χ0v) is 11.3. The Bertz CT molecular complexity index is 404. The summed E-state index contributed by atoms with van der Waals surface area (Å²) in [5, 5.41) is 21.9. The van der Waals surface area contributed by atoms with Crippen molar-refractivity contribution >= 4 is 45.8 Å². The van der Waals surface area contributed by atoms with E-state index in [1.807, 2.05) is 0 Å². The molecule has 1 heterocycles. The summed E-state index contributed by atoms with van der Waals surface area (Å²) in [5.74, 6) is -1.75. The average molecular weight is 355 g/mol. The number of carboxylic acids is 1. The van der Waals surface area contributed by atoms with Crippen LogP contribution in [0.5, 0.6) is 0 Å². The van der Waals surface area contributed by atoms with E-state index in [0.29, 0.717) is 5.56 Å².